The third kappa shape index (κ3) is 3.62. The quantitative estimate of drug-likeness (QED) is 0.939. The second-order valence-corrected chi connectivity index (χ2v) is 6.55. The summed E-state index contributed by atoms with van der Waals surface area (Å²) in [5.74, 6) is 0.0689. The molecule has 0 bridgehead atoms. The molecular formula is C20H24N2O. The molecule has 0 spiro atoms. The number of carbonyl (C=O) groups is 1. The van der Waals surface area contributed by atoms with Crippen molar-refractivity contribution >= 4 is 11.6 Å². The number of hydrogen-bond donors (Lipinski definition) is 1. The zero-order valence-electron chi connectivity index (χ0n) is 14.1. The van der Waals surface area contributed by atoms with Crippen LogP contribution in [0.1, 0.15) is 27.8 Å². The van der Waals surface area contributed by atoms with E-state index in [0.29, 0.717) is 6.54 Å². The van der Waals surface area contributed by atoms with Gasteiger partial charge in [0.05, 0.1) is 6.54 Å². The molecule has 3 heteroatoms. The number of carbonyl (C=O) groups excluding carboxylic acids is 1. The van der Waals surface area contributed by atoms with E-state index >= 15 is 0 Å². The fourth-order valence-electron chi connectivity index (χ4n) is 3.45. The molecule has 1 amide bonds. The molecule has 1 aliphatic heterocycles. The predicted molar refractivity (Wildman–Crippen MR) is 94.7 cm³/mol. The summed E-state index contributed by atoms with van der Waals surface area (Å²) in [5, 5.41) is 3.10. The van der Waals surface area contributed by atoms with Gasteiger partial charge in [-0.25, -0.2) is 0 Å². The van der Waals surface area contributed by atoms with E-state index < -0.39 is 0 Å². The first-order valence-electron chi connectivity index (χ1n) is 8.20. The molecule has 0 saturated carbocycles. The van der Waals surface area contributed by atoms with Crippen LogP contribution in [0.5, 0.6) is 0 Å². The predicted octanol–water partition coefficient (Wildman–Crippen LogP) is 3.61. The highest BCUT2D eigenvalue weighted by Gasteiger charge is 2.18. The van der Waals surface area contributed by atoms with Crippen LogP contribution in [0, 0.1) is 20.8 Å². The third-order valence-electron chi connectivity index (χ3n) is 4.52. The standard InChI is InChI=1S/C20H24N2O/c1-14-10-15(2)20(16(3)11-14)21-19(23)13-22-9-8-17-6-4-5-7-18(17)12-22/h4-7,10-11H,8-9,12-13H2,1-3H3,(H,21,23). The van der Waals surface area contributed by atoms with Gasteiger partial charge in [-0.2, -0.15) is 0 Å². The van der Waals surface area contributed by atoms with Gasteiger partial charge in [0, 0.05) is 18.8 Å². The molecule has 0 unspecified atom stereocenters. The van der Waals surface area contributed by atoms with Gasteiger partial charge >= 0.3 is 0 Å². The third-order valence-corrected chi connectivity index (χ3v) is 4.52. The lowest BCUT2D eigenvalue weighted by molar-refractivity contribution is -0.117. The maximum atomic E-state index is 12.4. The molecule has 0 aromatic heterocycles. The molecule has 0 aliphatic carbocycles. The summed E-state index contributed by atoms with van der Waals surface area (Å²) in [7, 11) is 0. The van der Waals surface area contributed by atoms with Crippen LogP contribution in [-0.2, 0) is 17.8 Å². The average molecular weight is 308 g/mol. The van der Waals surface area contributed by atoms with Crippen molar-refractivity contribution in [3.63, 3.8) is 0 Å². The molecule has 3 rings (SSSR count). The zero-order valence-corrected chi connectivity index (χ0v) is 14.1. The largest absolute Gasteiger partial charge is 0.324 e. The van der Waals surface area contributed by atoms with Gasteiger partial charge in [-0.15, -0.1) is 0 Å². The molecular weight excluding hydrogens is 284 g/mol. The van der Waals surface area contributed by atoms with Crippen LogP contribution in [-0.4, -0.2) is 23.9 Å². The van der Waals surface area contributed by atoms with Crippen LogP contribution in [0.4, 0.5) is 5.69 Å². The lowest BCUT2D eigenvalue weighted by Crippen LogP contribution is -2.37. The molecule has 0 atom stereocenters. The van der Waals surface area contributed by atoms with Gasteiger partial charge in [-0.3, -0.25) is 9.69 Å². The van der Waals surface area contributed by atoms with E-state index in [1.54, 1.807) is 0 Å². The first-order chi connectivity index (χ1) is 11.0. The molecule has 1 heterocycles. The maximum Gasteiger partial charge on any atom is 0.238 e. The van der Waals surface area contributed by atoms with Gasteiger partial charge in [0.1, 0.15) is 0 Å². The smallest absolute Gasteiger partial charge is 0.238 e. The van der Waals surface area contributed by atoms with Crippen LogP contribution in [0.3, 0.4) is 0 Å². The number of nitrogens with one attached hydrogen (secondary N) is 1. The number of nitrogens with zero attached hydrogens (tertiary/aromatic N) is 1. The minimum atomic E-state index is 0.0689. The molecule has 120 valence electrons. The monoisotopic (exact) mass is 308 g/mol. The topological polar surface area (TPSA) is 32.3 Å². The summed E-state index contributed by atoms with van der Waals surface area (Å²) in [5.41, 5.74) is 7.19. The van der Waals surface area contributed by atoms with Crippen LogP contribution in [0.2, 0.25) is 0 Å². The van der Waals surface area contributed by atoms with Gasteiger partial charge in [-0.05, 0) is 49.4 Å². The number of hydrogen-bond acceptors (Lipinski definition) is 2. The average Bonchev–Trinajstić information content (AvgIpc) is 2.51. The number of aryl methyl sites for hydroxylation is 3. The zero-order chi connectivity index (χ0) is 16.4. The summed E-state index contributed by atoms with van der Waals surface area (Å²) in [4.78, 5) is 14.6. The number of fused-ring (bicyclic) bond motifs is 1. The van der Waals surface area contributed by atoms with Gasteiger partial charge < -0.3 is 5.32 Å². The van der Waals surface area contributed by atoms with Crippen molar-refractivity contribution in [2.45, 2.75) is 33.7 Å². The first kappa shape index (κ1) is 15.8. The highest BCUT2D eigenvalue weighted by molar-refractivity contribution is 5.93. The molecule has 0 saturated heterocycles. The lowest BCUT2D eigenvalue weighted by Gasteiger charge is -2.28. The SMILES string of the molecule is Cc1cc(C)c(NC(=O)CN2CCc3ccccc3C2)c(C)c1. The Bertz CT molecular complexity index is 713. The van der Waals surface area contributed by atoms with E-state index in [-0.39, 0.29) is 5.91 Å². The van der Waals surface area contributed by atoms with E-state index in [0.717, 1.165) is 36.3 Å². The Hall–Kier alpha value is -2.13. The second kappa shape index (κ2) is 6.55. The molecule has 0 radical (unpaired) electrons. The van der Waals surface area contributed by atoms with Crippen LogP contribution in [0.15, 0.2) is 36.4 Å². The number of amides is 1. The molecule has 3 nitrogen and oxygen atoms in total. The van der Waals surface area contributed by atoms with Crippen molar-refractivity contribution < 1.29 is 4.79 Å². The van der Waals surface area contributed by atoms with Crippen LogP contribution < -0.4 is 5.32 Å². The minimum absolute atomic E-state index is 0.0689. The van der Waals surface area contributed by atoms with Gasteiger partial charge in [0.25, 0.3) is 0 Å². The highest BCUT2D eigenvalue weighted by atomic mass is 16.2. The summed E-state index contributed by atoms with van der Waals surface area (Å²) in [6.07, 6.45) is 1.02. The highest BCUT2D eigenvalue weighted by Crippen LogP contribution is 2.22. The fraction of sp³-hybridized carbons (Fsp3) is 0.350. The fourth-order valence-corrected chi connectivity index (χ4v) is 3.45. The van der Waals surface area contributed by atoms with E-state index in [9.17, 15) is 4.79 Å². The molecule has 23 heavy (non-hydrogen) atoms. The Morgan fingerprint density at radius 2 is 1.74 bits per heavy atom. The van der Waals surface area contributed by atoms with Crippen molar-refractivity contribution in [3.8, 4) is 0 Å². The maximum absolute atomic E-state index is 12.4. The minimum Gasteiger partial charge on any atom is -0.324 e. The summed E-state index contributed by atoms with van der Waals surface area (Å²) in [6, 6.07) is 12.7. The Morgan fingerprint density at radius 3 is 2.43 bits per heavy atom. The first-order valence-corrected chi connectivity index (χ1v) is 8.20. The summed E-state index contributed by atoms with van der Waals surface area (Å²) < 4.78 is 0. The van der Waals surface area contributed by atoms with Crippen LogP contribution in [0.25, 0.3) is 0 Å². The number of benzene rings is 2. The lowest BCUT2D eigenvalue weighted by atomic mass is 10.00. The van der Waals surface area contributed by atoms with Gasteiger partial charge in [-0.1, -0.05) is 42.0 Å². The molecule has 0 fully saturated rings. The molecule has 2 aromatic rings. The van der Waals surface area contributed by atoms with E-state index in [2.05, 4.69) is 53.5 Å². The van der Waals surface area contributed by atoms with E-state index in [4.69, 9.17) is 0 Å². The summed E-state index contributed by atoms with van der Waals surface area (Å²) in [6.45, 7) is 8.42. The van der Waals surface area contributed by atoms with Crippen molar-refractivity contribution in [3.05, 3.63) is 64.2 Å². The molecule has 1 aliphatic rings. The van der Waals surface area contributed by atoms with E-state index in [1.165, 1.54) is 16.7 Å². The van der Waals surface area contributed by atoms with Crippen molar-refractivity contribution in [1.82, 2.24) is 4.90 Å². The van der Waals surface area contributed by atoms with Crippen molar-refractivity contribution in [2.75, 3.05) is 18.4 Å². The van der Waals surface area contributed by atoms with Crippen molar-refractivity contribution in [1.29, 1.82) is 0 Å². The Kier molecular flexibility index (Phi) is 4.49. The second-order valence-electron chi connectivity index (χ2n) is 6.55. The van der Waals surface area contributed by atoms with Crippen molar-refractivity contribution in [2.24, 2.45) is 0 Å². The Morgan fingerprint density at radius 1 is 1.09 bits per heavy atom. The number of rotatable bonds is 3. The Labute approximate surface area is 138 Å². The molecule has 2 aromatic carbocycles. The van der Waals surface area contributed by atoms with Crippen LogP contribution >= 0.6 is 0 Å². The Balaban J connectivity index is 1.65. The molecule has 1 N–H and O–H groups in total. The normalized spacial score (nSPS) is 14.4. The van der Waals surface area contributed by atoms with E-state index in [1.807, 2.05) is 13.8 Å². The van der Waals surface area contributed by atoms with Gasteiger partial charge in [0.2, 0.25) is 5.91 Å². The summed E-state index contributed by atoms with van der Waals surface area (Å²) >= 11 is 0. The van der Waals surface area contributed by atoms with Gasteiger partial charge in [0.15, 0.2) is 0 Å². The number of anilines is 1.